The first-order chi connectivity index (χ1) is 20.8. The largest absolute Gasteiger partial charge is 0.491 e. The number of hydrogen-bond acceptors (Lipinski definition) is 4. The van der Waals surface area contributed by atoms with E-state index >= 15 is 0 Å². The van der Waals surface area contributed by atoms with E-state index in [0.29, 0.717) is 0 Å². The highest BCUT2D eigenvalue weighted by molar-refractivity contribution is 14.1. The lowest BCUT2D eigenvalue weighted by atomic mass is 9.98. The second-order valence-corrected chi connectivity index (χ2v) is 21.9. The van der Waals surface area contributed by atoms with Crippen LogP contribution in [0.3, 0.4) is 0 Å². The standard InChI is InChI=1S/C36H62INO4Si2/c1-13-30(8)24-25-32(10)38-35(39)33(40-12)29-31(9)23-21-20-22-27-36(11,42-44(17-5,18-6)19-7)34(26-28-37)41-43(14-2,15-3)16-4/h13,20-24,26-29,32,34H,1,14-19,25H2,2-12H3,(H,38,39)/b21-20+,27-22+,28-26-,30-24+,31-23+,33-29-/t32-,34-,36+/m0/s1. The van der Waals surface area contributed by atoms with Crippen molar-refractivity contribution in [2.24, 2.45) is 0 Å². The van der Waals surface area contributed by atoms with Crippen molar-refractivity contribution in [3.8, 4) is 0 Å². The zero-order chi connectivity index (χ0) is 33.8. The summed E-state index contributed by atoms with van der Waals surface area (Å²) in [5.74, 6) is 0.0470. The zero-order valence-corrected chi connectivity index (χ0v) is 33.8. The SMILES string of the molecule is C=C/C(C)=C/C[C@H](C)NC(=O)/C(=C/C(C)=C/C=C/C=C/[C@@](C)(O[Si](CC)(CC)CC)[C@H](/C=C\I)O[Si](CC)(CC)CC)OC. The average molecular weight is 756 g/mol. The normalized spacial score (nSPS) is 16.9. The van der Waals surface area contributed by atoms with E-state index in [2.05, 4.69) is 111 Å². The van der Waals surface area contributed by atoms with Crippen molar-refractivity contribution in [1.82, 2.24) is 5.32 Å². The molecule has 1 N–H and O–H groups in total. The summed E-state index contributed by atoms with van der Waals surface area (Å²) >= 11 is 2.30. The maximum absolute atomic E-state index is 12.8. The lowest BCUT2D eigenvalue weighted by molar-refractivity contribution is -0.121. The molecule has 0 aromatic rings. The highest BCUT2D eigenvalue weighted by atomic mass is 127. The molecule has 250 valence electrons. The van der Waals surface area contributed by atoms with E-state index in [4.69, 9.17) is 13.6 Å². The molecule has 8 heteroatoms. The monoisotopic (exact) mass is 755 g/mol. The Labute approximate surface area is 286 Å². The quantitative estimate of drug-likeness (QED) is 0.0393. The van der Waals surface area contributed by atoms with Crippen LogP contribution >= 0.6 is 22.6 Å². The maximum Gasteiger partial charge on any atom is 0.286 e. The number of hydrogen-bond donors (Lipinski definition) is 1. The fraction of sp³-hybridized carbons (Fsp3) is 0.583. The molecule has 0 aliphatic carbocycles. The predicted molar refractivity (Wildman–Crippen MR) is 205 cm³/mol. The smallest absolute Gasteiger partial charge is 0.286 e. The number of methoxy groups -OCH3 is 1. The van der Waals surface area contributed by atoms with Gasteiger partial charge in [0.2, 0.25) is 0 Å². The molecule has 0 heterocycles. The van der Waals surface area contributed by atoms with Crippen LogP contribution in [0.1, 0.15) is 75.7 Å². The predicted octanol–water partition coefficient (Wildman–Crippen LogP) is 10.7. The van der Waals surface area contributed by atoms with Crippen LogP contribution in [-0.2, 0) is 18.4 Å². The molecule has 0 saturated carbocycles. The molecule has 0 bridgehead atoms. The number of amides is 1. The van der Waals surface area contributed by atoms with Gasteiger partial charge in [-0.1, -0.05) is 119 Å². The Bertz CT molecular complexity index is 1040. The van der Waals surface area contributed by atoms with E-state index in [1.54, 1.807) is 12.2 Å². The lowest BCUT2D eigenvalue weighted by Crippen LogP contribution is -2.54. The van der Waals surface area contributed by atoms with Gasteiger partial charge in [0.25, 0.3) is 5.91 Å². The summed E-state index contributed by atoms with van der Waals surface area (Å²) in [5, 5.41) is 3.00. The van der Waals surface area contributed by atoms with E-state index in [0.717, 1.165) is 53.8 Å². The van der Waals surface area contributed by atoms with Crippen molar-refractivity contribution in [2.45, 2.75) is 130 Å². The molecule has 5 nitrogen and oxygen atoms in total. The summed E-state index contributed by atoms with van der Waals surface area (Å²) < 4.78 is 21.8. The fourth-order valence-electron chi connectivity index (χ4n) is 5.09. The van der Waals surface area contributed by atoms with E-state index in [1.807, 2.05) is 39.0 Å². The van der Waals surface area contributed by atoms with Crippen LogP contribution in [0.4, 0.5) is 0 Å². The van der Waals surface area contributed by atoms with Crippen LogP contribution in [0.15, 0.2) is 82.3 Å². The van der Waals surface area contributed by atoms with Crippen molar-refractivity contribution in [1.29, 1.82) is 0 Å². The van der Waals surface area contributed by atoms with Gasteiger partial charge in [-0.3, -0.25) is 4.79 Å². The Morgan fingerprint density at radius 1 is 0.932 bits per heavy atom. The second-order valence-electron chi connectivity index (χ2n) is 11.8. The van der Waals surface area contributed by atoms with Gasteiger partial charge < -0.3 is 18.9 Å². The van der Waals surface area contributed by atoms with Crippen molar-refractivity contribution >= 4 is 45.1 Å². The van der Waals surface area contributed by atoms with Crippen LogP contribution in [0.25, 0.3) is 0 Å². The molecule has 0 fully saturated rings. The third-order valence-corrected chi connectivity index (χ3v) is 18.6. The highest BCUT2D eigenvalue weighted by Crippen LogP contribution is 2.36. The van der Waals surface area contributed by atoms with Crippen molar-refractivity contribution < 1.29 is 18.4 Å². The number of halogens is 1. The summed E-state index contributed by atoms with van der Waals surface area (Å²) in [6.07, 6.45) is 18.6. The summed E-state index contributed by atoms with van der Waals surface area (Å²) in [7, 11) is -2.32. The Morgan fingerprint density at radius 2 is 1.50 bits per heavy atom. The average Bonchev–Trinajstić information content (AvgIpc) is 3.03. The van der Waals surface area contributed by atoms with Gasteiger partial charge in [-0.25, -0.2) is 0 Å². The van der Waals surface area contributed by atoms with Crippen LogP contribution < -0.4 is 5.32 Å². The number of ether oxygens (including phenoxy) is 1. The number of rotatable bonds is 22. The maximum atomic E-state index is 12.8. The third-order valence-electron chi connectivity index (χ3n) is 8.80. The Kier molecular flexibility index (Phi) is 21.4. The molecule has 0 radical (unpaired) electrons. The fourth-order valence-corrected chi connectivity index (χ4v) is 11.4. The minimum Gasteiger partial charge on any atom is -0.491 e. The number of nitrogens with one attached hydrogen (secondary N) is 1. The van der Waals surface area contributed by atoms with Crippen LogP contribution in [0.5, 0.6) is 0 Å². The first kappa shape index (κ1) is 42.5. The summed E-state index contributed by atoms with van der Waals surface area (Å²) in [5.41, 5.74) is 1.40. The molecule has 0 spiro atoms. The van der Waals surface area contributed by atoms with Crippen LogP contribution in [0.2, 0.25) is 36.3 Å². The second kappa shape index (κ2) is 22.1. The topological polar surface area (TPSA) is 56.8 Å². The van der Waals surface area contributed by atoms with Crippen molar-refractivity contribution in [3.63, 3.8) is 0 Å². The Balaban J connectivity index is 6.17. The highest BCUT2D eigenvalue weighted by Gasteiger charge is 2.44. The molecule has 0 aliphatic heterocycles. The molecule has 0 saturated heterocycles. The van der Waals surface area contributed by atoms with Gasteiger partial charge in [0.1, 0.15) is 5.60 Å². The van der Waals surface area contributed by atoms with E-state index in [9.17, 15) is 4.79 Å². The lowest BCUT2D eigenvalue weighted by Gasteiger charge is -2.45. The van der Waals surface area contributed by atoms with Gasteiger partial charge in [-0.15, -0.1) is 0 Å². The van der Waals surface area contributed by atoms with E-state index < -0.39 is 22.2 Å². The van der Waals surface area contributed by atoms with Crippen LogP contribution in [-0.4, -0.2) is 47.4 Å². The van der Waals surface area contributed by atoms with Crippen LogP contribution in [0, 0.1) is 0 Å². The molecular formula is C36H62INO4Si2. The molecule has 0 aromatic carbocycles. The van der Waals surface area contributed by atoms with Gasteiger partial charge >= 0.3 is 0 Å². The number of carbonyl (C=O) groups excluding carboxylic acids is 1. The summed E-state index contributed by atoms with van der Waals surface area (Å²) in [6, 6.07) is 6.47. The molecular weight excluding hydrogens is 693 g/mol. The first-order valence-electron chi connectivity index (χ1n) is 16.4. The Morgan fingerprint density at radius 3 is 1.98 bits per heavy atom. The minimum absolute atomic E-state index is 0.0219. The van der Waals surface area contributed by atoms with E-state index in [1.165, 1.54) is 7.11 Å². The first-order valence-corrected chi connectivity index (χ1v) is 22.7. The molecule has 1 amide bonds. The molecule has 0 unspecified atom stereocenters. The van der Waals surface area contributed by atoms with Crippen molar-refractivity contribution in [2.75, 3.05) is 7.11 Å². The Hall–Kier alpha value is -1.47. The molecule has 0 aliphatic rings. The van der Waals surface area contributed by atoms with Gasteiger partial charge in [0.15, 0.2) is 22.4 Å². The minimum atomic E-state index is -1.95. The molecule has 3 atom stereocenters. The van der Waals surface area contributed by atoms with Gasteiger partial charge in [-0.2, -0.15) is 0 Å². The van der Waals surface area contributed by atoms with Gasteiger partial charge in [0.05, 0.1) is 13.2 Å². The molecule has 0 rings (SSSR count). The number of allylic oxidation sites excluding steroid dienone is 8. The third kappa shape index (κ3) is 14.3. The van der Waals surface area contributed by atoms with Crippen molar-refractivity contribution in [3.05, 3.63) is 82.3 Å². The molecule has 44 heavy (non-hydrogen) atoms. The molecule has 0 aromatic heterocycles. The van der Waals surface area contributed by atoms with Gasteiger partial charge in [-0.05, 0) is 92.2 Å². The summed E-state index contributed by atoms with van der Waals surface area (Å²) in [6.45, 7) is 25.5. The van der Waals surface area contributed by atoms with Gasteiger partial charge in [0, 0.05) is 6.04 Å². The van der Waals surface area contributed by atoms with E-state index in [-0.39, 0.29) is 23.8 Å². The summed E-state index contributed by atoms with van der Waals surface area (Å²) in [4.78, 5) is 12.8. The number of carbonyl (C=O) groups is 1. The zero-order valence-electron chi connectivity index (χ0n) is 29.6.